The zero-order valence-corrected chi connectivity index (χ0v) is 13.6. The van der Waals surface area contributed by atoms with Gasteiger partial charge in [-0.15, -0.1) is 0 Å². The molecule has 1 aliphatic carbocycles. The Morgan fingerprint density at radius 3 is 2.55 bits per heavy atom. The van der Waals surface area contributed by atoms with Gasteiger partial charge in [-0.25, -0.2) is 0 Å². The first kappa shape index (κ1) is 16.7. The van der Waals surface area contributed by atoms with E-state index in [4.69, 9.17) is 5.73 Å². The van der Waals surface area contributed by atoms with E-state index in [1.54, 1.807) is 24.3 Å². The molecule has 0 unspecified atom stereocenters. The summed E-state index contributed by atoms with van der Waals surface area (Å²) in [5.74, 6) is -0.141. The van der Waals surface area contributed by atoms with Crippen molar-refractivity contribution in [2.24, 2.45) is 11.7 Å². The van der Waals surface area contributed by atoms with Crippen molar-refractivity contribution < 1.29 is 13.2 Å². The molecule has 0 radical (unpaired) electrons. The summed E-state index contributed by atoms with van der Waals surface area (Å²) in [7, 11) is -0.682. The second-order valence-electron chi connectivity index (χ2n) is 5.73. The molecule has 7 nitrogen and oxygen atoms in total. The van der Waals surface area contributed by atoms with E-state index < -0.39 is 10.2 Å². The lowest BCUT2D eigenvalue weighted by molar-refractivity contribution is -0.119. The number of carbonyl (C=O) groups excluding carboxylic acids is 1. The van der Waals surface area contributed by atoms with Gasteiger partial charge in [0.15, 0.2) is 0 Å². The molecule has 2 rings (SSSR count). The van der Waals surface area contributed by atoms with Crippen LogP contribution in [-0.2, 0) is 15.0 Å². The molecular weight excluding hydrogens is 304 g/mol. The van der Waals surface area contributed by atoms with Crippen molar-refractivity contribution in [3.05, 3.63) is 24.3 Å². The first-order valence-corrected chi connectivity index (χ1v) is 8.59. The normalized spacial score (nSPS) is 21.8. The maximum Gasteiger partial charge on any atom is 0.301 e. The van der Waals surface area contributed by atoms with Gasteiger partial charge in [-0.3, -0.25) is 9.52 Å². The van der Waals surface area contributed by atoms with Crippen molar-refractivity contribution in [2.75, 3.05) is 24.1 Å². The first-order valence-electron chi connectivity index (χ1n) is 7.14. The van der Waals surface area contributed by atoms with Crippen LogP contribution in [0.3, 0.4) is 0 Å². The average molecular weight is 326 g/mol. The first-order chi connectivity index (χ1) is 10.3. The molecule has 1 aromatic rings. The topological polar surface area (TPSA) is 105 Å². The van der Waals surface area contributed by atoms with Crippen LogP contribution in [0, 0.1) is 5.92 Å². The Kier molecular flexibility index (Phi) is 5.05. The standard InChI is InChI=1S/C14H22N4O3S/c1-18(2)22(20,21)17-13-5-3-4-12(9-13)16-14(19)10-6-7-11(15)8-10/h3-5,9-11,17H,6-8,15H2,1-2H3,(H,16,19)/t10-,11+/m1/s1. The van der Waals surface area contributed by atoms with E-state index >= 15 is 0 Å². The number of hydrogen-bond acceptors (Lipinski definition) is 4. The molecule has 1 aromatic carbocycles. The van der Waals surface area contributed by atoms with Gasteiger partial charge in [0.2, 0.25) is 5.91 Å². The van der Waals surface area contributed by atoms with Crippen LogP contribution in [0.4, 0.5) is 11.4 Å². The highest BCUT2D eigenvalue weighted by atomic mass is 32.2. The summed E-state index contributed by atoms with van der Waals surface area (Å²) >= 11 is 0. The predicted molar refractivity (Wildman–Crippen MR) is 86.6 cm³/mol. The van der Waals surface area contributed by atoms with Gasteiger partial charge in [0.25, 0.3) is 0 Å². The molecule has 1 aliphatic rings. The van der Waals surface area contributed by atoms with Gasteiger partial charge < -0.3 is 11.1 Å². The summed E-state index contributed by atoms with van der Waals surface area (Å²) < 4.78 is 27.1. The van der Waals surface area contributed by atoms with E-state index in [0.29, 0.717) is 17.8 Å². The third kappa shape index (κ3) is 4.19. The lowest BCUT2D eigenvalue weighted by atomic mass is 10.1. The van der Waals surface area contributed by atoms with E-state index in [1.165, 1.54) is 14.1 Å². The Hall–Kier alpha value is -1.64. The molecule has 0 bridgehead atoms. The second-order valence-corrected chi connectivity index (χ2v) is 7.61. The highest BCUT2D eigenvalue weighted by Gasteiger charge is 2.27. The van der Waals surface area contributed by atoms with Crippen LogP contribution < -0.4 is 15.8 Å². The van der Waals surface area contributed by atoms with E-state index in [1.807, 2.05) is 0 Å². The Balaban J connectivity index is 2.04. The molecule has 1 saturated carbocycles. The maximum atomic E-state index is 12.2. The van der Waals surface area contributed by atoms with Gasteiger partial charge in [0.05, 0.1) is 5.69 Å². The number of anilines is 2. The third-order valence-electron chi connectivity index (χ3n) is 3.70. The van der Waals surface area contributed by atoms with Crippen molar-refractivity contribution in [2.45, 2.75) is 25.3 Å². The van der Waals surface area contributed by atoms with Gasteiger partial charge in [0, 0.05) is 31.7 Å². The minimum absolute atomic E-state index is 0.0689. The molecule has 1 fully saturated rings. The fourth-order valence-corrected chi connectivity index (χ4v) is 3.01. The van der Waals surface area contributed by atoms with Crippen LogP contribution in [0.25, 0.3) is 0 Å². The average Bonchev–Trinajstić information content (AvgIpc) is 2.85. The molecule has 0 saturated heterocycles. The highest BCUT2D eigenvalue weighted by molar-refractivity contribution is 7.90. The molecule has 4 N–H and O–H groups in total. The lowest BCUT2D eigenvalue weighted by Gasteiger charge is -2.15. The third-order valence-corrected chi connectivity index (χ3v) is 5.16. The van der Waals surface area contributed by atoms with Crippen molar-refractivity contribution >= 4 is 27.5 Å². The summed E-state index contributed by atoms with van der Waals surface area (Å²) in [4.78, 5) is 12.2. The van der Waals surface area contributed by atoms with Crippen molar-refractivity contribution in [1.82, 2.24) is 4.31 Å². The number of nitrogens with one attached hydrogen (secondary N) is 2. The number of nitrogens with zero attached hydrogens (tertiary/aromatic N) is 1. The zero-order valence-electron chi connectivity index (χ0n) is 12.7. The van der Waals surface area contributed by atoms with Crippen molar-refractivity contribution in [3.63, 3.8) is 0 Å². The highest BCUT2D eigenvalue weighted by Crippen LogP contribution is 2.26. The SMILES string of the molecule is CN(C)S(=O)(=O)Nc1cccc(NC(=O)[C@@H]2CC[C@H](N)C2)c1. The van der Waals surface area contributed by atoms with Crippen LogP contribution in [0.5, 0.6) is 0 Å². The number of amides is 1. The smallest absolute Gasteiger partial charge is 0.301 e. The number of benzene rings is 1. The summed E-state index contributed by atoms with van der Waals surface area (Å²) in [5, 5.41) is 2.82. The number of rotatable bonds is 5. The summed E-state index contributed by atoms with van der Waals surface area (Å²) in [6.45, 7) is 0. The molecule has 0 spiro atoms. The van der Waals surface area contributed by atoms with Gasteiger partial charge in [-0.2, -0.15) is 12.7 Å². The van der Waals surface area contributed by atoms with Gasteiger partial charge in [-0.1, -0.05) is 6.07 Å². The fraction of sp³-hybridized carbons (Fsp3) is 0.500. The minimum atomic E-state index is -3.57. The number of nitrogens with two attached hydrogens (primary N) is 1. The van der Waals surface area contributed by atoms with E-state index in [9.17, 15) is 13.2 Å². The zero-order chi connectivity index (χ0) is 16.3. The summed E-state index contributed by atoms with van der Waals surface area (Å²) in [5.41, 5.74) is 6.77. The Morgan fingerprint density at radius 1 is 1.27 bits per heavy atom. The fourth-order valence-electron chi connectivity index (χ4n) is 2.40. The molecule has 0 aromatic heterocycles. The quantitative estimate of drug-likeness (QED) is 0.750. The second kappa shape index (κ2) is 6.64. The molecule has 2 atom stereocenters. The van der Waals surface area contributed by atoms with Gasteiger partial charge in [-0.05, 0) is 37.5 Å². The predicted octanol–water partition coefficient (Wildman–Crippen LogP) is 0.971. The van der Waals surface area contributed by atoms with Crippen molar-refractivity contribution in [3.8, 4) is 0 Å². The van der Waals surface area contributed by atoms with Crippen LogP contribution in [0.1, 0.15) is 19.3 Å². The van der Waals surface area contributed by atoms with Crippen molar-refractivity contribution in [1.29, 1.82) is 0 Å². The minimum Gasteiger partial charge on any atom is -0.328 e. The van der Waals surface area contributed by atoms with Crippen LogP contribution in [0.2, 0.25) is 0 Å². The lowest BCUT2D eigenvalue weighted by Crippen LogP contribution is -2.29. The van der Waals surface area contributed by atoms with Gasteiger partial charge >= 0.3 is 10.2 Å². The van der Waals surface area contributed by atoms with Gasteiger partial charge in [0.1, 0.15) is 0 Å². The monoisotopic (exact) mass is 326 g/mol. The molecule has 8 heteroatoms. The molecular formula is C14H22N4O3S. The molecule has 0 aliphatic heterocycles. The van der Waals surface area contributed by atoms with Crippen LogP contribution >= 0.6 is 0 Å². The van der Waals surface area contributed by atoms with E-state index in [-0.39, 0.29) is 17.9 Å². The maximum absolute atomic E-state index is 12.2. The Bertz CT molecular complexity index is 645. The Morgan fingerprint density at radius 2 is 1.95 bits per heavy atom. The summed E-state index contributed by atoms with van der Waals surface area (Å²) in [6.07, 6.45) is 2.35. The number of carbonyl (C=O) groups is 1. The van der Waals surface area contributed by atoms with E-state index in [0.717, 1.165) is 17.1 Å². The number of hydrogen-bond donors (Lipinski definition) is 3. The van der Waals surface area contributed by atoms with E-state index in [2.05, 4.69) is 10.0 Å². The molecule has 1 amide bonds. The Labute approximate surface area is 131 Å². The summed E-state index contributed by atoms with van der Waals surface area (Å²) in [6, 6.07) is 6.72. The molecule has 122 valence electrons. The molecule has 22 heavy (non-hydrogen) atoms. The largest absolute Gasteiger partial charge is 0.328 e. The molecule has 0 heterocycles. The van der Waals surface area contributed by atoms with Crippen LogP contribution in [-0.4, -0.2) is 38.8 Å². The van der Waals surface area contributed by atoms with Crippen LogP contribution in [0.15, 0.2) is 24.3 Å².